The Morgan fingerprint density at radius 1 is 1.19 bits per heavy atom. The number of nitrogens with zero attached hydrogens (tertiary/aromatic N) is 2. The number of hydrogen-bond donors (Lipinski definition) is 3. The van der Waals surface area contributed by atoms with Gasteiger partial charge in [-0.25, -0.2) is 10.8 Å². The molecule has 3 rings (SSSR count). The summed E-state index contributed by atoms with van der Waals surface area (Å²) in [5.41, 5.74) is 5.84. The van der Waals surface area contributed by atoms with Gasteiger partial charge in [0.2, 0.25) is 5.95 Å². The molecule has 21 heavy (non-hydrogen) atoms. The zero-order chi connectivity index (χ0) is 15.0. The molecule has 2 aromatic heterocycles. The molecule has 0 radical (unpaired) electrons. The Morgan fingerprint density at radius 3 is 2.57 bits per heavy atom. The van der Waals surface area contributed by atoms with Crippen molar-refractivity contribution < 1.29 is 0 Å². The Hall–Kier alpha value is -1.70. The van der Waals surface area contributed by atoms with Crippen LogP contribution in [0.2, 0.25) is 0 Å². The number of nitrogen functional groups attached to an aromatic ring is 1. The zero-order valence-corrected chi connectivity index (χ0v) is 14.0. The van der Waals surface area contributed by atoms with Crippen molar-refractivity contribution in [2.75, 3.05) is 10.7 Å². The summed E-state index contributed by atoms with van der Waals surface area (Å²) in [6, 6.07) is 6.15. The predicted molar refractivity (Wildman–Crippen MR) is 92.1 cm³/mol. The predicted octanol–water partition coefficient (Wildman–Crippen LogP) is 4.10. The number of aromatic nitrogens is 2. The number of hydrazine groups is 1. The number of fused-ring (bicyclic) bond motifs is 1. The van der Waals surface area contributed by atoms with Crippen molar-refractivity contribution in [2.45, 2.75) is 13.8 Å². The van der Waals surface area contributed by atoms with E-state index in [-0.39, 0.29) is 0 Å². The maximum Gasteiger partial charge on any atom is 0.240 e. The topological polar surface area (TPSA) is 75.9 Å². The molecule has 108 valence electrons. The Bertz CT molecular complexity index is 791. The van der Waals surface area contributed by atoms with Gasteiger partial charge >= 0.3 is 0 Å². The minimum Gasteiger partial charge on any atom is -0.340 e. The van der Waals surface area contributed by atoms with Crippen LogP contribution in [-0.4, -0.2) is 9.97 Å². The number of nitrogens with two attached hydrogens (primary N) is 1. The van der Waals surface area contributed by atoms with Gasteiger partial charge in [0.15, 0.2) is 0 Å². The van der Waals surface area contributed by atoms with Crippen molar-refractivity contribution >= 4 is 54.9 Å². The first-order valence-corrected chi connectivity index (χ1v) is 8.01. The molecule has 7 heteroatoms. The summed E-state index contributed by atoms with van der Waals surface area (Å²) >= 11 is 5.13. The van der Waals surface area contributed by atoms with Crippen molar-refractivity contribution in [1.29, 1.82) is 0 Å². The molecule has 1 aromatic carbocycles. The number of thiophene rings is 1. The zero-order valence-electron chi connectivity index (χ0n) is 11.6. The second-order valence-electron chi connectivity index (χ2n) is 4.73. The summed E-state index contributed by atoms with van der Waals surface area (Å²) in [7, 11) is 0. The van der Waals surface area contributed by atoms with Gasteiger partial charge in [-0.3, -0.25) is 5.43 Å². The molecule has 0 aliphatic rings. The number of hydrogen-bond acceptors (Lipinski definition) is 6. The smallest absolute Gasteiger partial charge is 0.240 e. The van der Waals surface area contributed by atoms with Gasteiger partial charge < -0.3 is 5.32 Å². The Balaban J connectivity index is 2.07. The Labute approximate surface area is 134 Å². The quantitative estimate of drug-likeness (QED) is 0.482. The highest BCUT2D eigenvalue weighted by Gasteiger charge is 2.10. The molecule has 2 heterocycles. The van der Waals surface area contributed by atoms with Gasteiger partial charge in [0.1, 0.15) is 10.6 Å². The van der Waals surface area contributed by atoms with Crippen molar-refractivity contribution in [3.05, 3.63) is 39.2 Å². The van der Waals surface area contributed by atoms with Crippen LogP contribution >= 0.6 is 27.3 Å². The van der Waals surface area contributed by atoms with Gasteiger partial charge in [0.05, 0.1) is 5.39 Å². The molecular weight excluding hydrogens is 350 g/mol. The Morgan fingerprint density at radius 2 is 1.90 bits per heavy atom. The van der Waals surface area contributed by atoms with Crippen LogP contribution in [0, 0.1) is 13.8 Å². The highest BCUT2D eigenvalue weighted by atomic mass is 79.9. The molecule has 0 fully saturated rings. The van der Waals surface area contributed by atoms with E-state index in [0.29, 0.717) is 5.95 Å². The summed E-state index contributed by atoms with van der Waals surface area (Å²) in [6.45, 7) is 4.13. The molecule has 3 aromatic rings. The van der Waals surface area contributed by atoms with E-state index in [0.717, 1.165) is 26.2 Å². The monoisotopic (exact) mass is 363 g/mol. The molecule has 0 saturated heterocycles. The van der Waals surface area contributed by atoms with Crippen LogP contribution in [0.25, 0.3) is 10.2 Å². The van der Waals surface area contributed by atoms with Crippen LogP contribution in [-0.2, 0) is 0 Å². The molecule has 0 unspecified atom stereocenters. The minimum atomic E-state index is 0.401. The van der Waals surface area contributed by atoms with Gasteiger partial charge in [-0.1, -0.05) is 15.9 Å². The molecule has 0 atom stereocenters. The maximum atomic E-state index is 5.44. The normalized spacial score (nSPS) is 10.9. The summed E-state index contributed by atoms with van der Waals surface area (Å²) in [6.07, 6.45) is 0. The third kappa shape index (κ3) is 2.72. The Kier molecular flexibility index (Phi) is 3.79. The van der Waals surface area contributed by atoms with E-state index >= 15 is 0 Å². The molecule has 4 N–H and O–H groups in total. The second-order valence-corrected chi connectivity index (χ2v) is 6.42. The number of benzene rings is 1. The minimum absolute atomic E-state index is 0.401. The lowest BCUT2D eigenvalue weighted by atomic mass is 10.1. The SMILES string of the molecule is Cc1cc(Nc2nc(NN)nc3sccc23)cc(C)c1Br. The van der Waals surface area contributed by atoms with Crippen molar-refractivity contribution in [3.63, 3.8) is 0 Å². The molecular formula is C14H14BrN5S. The van der Waals surface area contributed by atoms with E-state index in [1.165, 1.54) is 11.1 Å². The lowest BCUT2D eigenvalue weighted by Gasteiger charge is -2.11. The van der Waals surface area contributed by atoms with Crippen LogP contribution in [0.1, 0.15) is 11.1 Å². The summed E-state index contributed by atoms with van der Waals surface area (Å²) in [4.78, 5) is 9.63. The first kappa shape index (κ1) is 14.2. The van der Waals surface area contributed by atoms with Crippen molar-refractivity contribution in [2.24, 2.45) is 5.84 Å². The van der Waals surface area contributed by atoms with E-state index < -0.39 is 0 Å². The van der Waals surface area contributed by atoms with E-state index in [4.69, 9.17) is 5.84 Å². The average Bonchev–Trinajstić information content (AvgIpc) is 2.93. The fourth-order valence-corrected chi connectivity index (χ4v) is 3.16. The lowest BCUT2D eigenvalue weighted by Crippen LogP contribution is -2.11. The molecule has 0 amide bonds. The van der Waals surface area contributed by atoms with E-state index in [1.54, 1.807) is 11.3 Å². The molecule has 0 bridgehead atoms. The van der Waals surface area contributed by atoms with Crippen LogP contribution in [0.15, 0.2) is 28.1 Å². The summed E-state index contributed by atoms with van der Waals surface area (Å²) < 4.78 is 1.13. The van der Waals surface area contributed by atoms with Crippen molar-refractivity contribution in [1.82, 2.24) is 9.97 Å². The van der Waals surface area contributed by atoms with Crippen LogP contribution in [0.3, 0.4) is 0 Å². The van der Waals surface area contributed by atoms with Gasteiger partial charge in [0, 0.05) is 10.2 Å². The van der Waals surface area contributed by atoms with E-state index in [9.17, 15) is 0 Å². The molecule has 0 saturated carbocycles. The maximum absolute atomic E-state index is 5.44. The molecule has 5 nitrogen and oxygen atoms in total. The molecule has 0 aliphatic heterocycles. The van der Waals surface area contributed by atoms with Crippen LogP contribution in [0.4, 0.5) is 17.5 Å². The molecule has 0 spiro atoms. The van der Waals surface area contributed by atoms with Gasteiger partial charge in [-0.2, -0.15) is 4.98 Å². The number of nitrogens with one attached hydrogen (secondary N) is 2. The summed E-state index contributed by atoms with van der Waals surface area (Å²) in [5.74, 6) is 6.58. The fourth-order valence-electron chi connectivity index (χ4n) is 2.17. The molecule has 0 aliphatic carbocycles. The van der Waals surface area contributed by atoms with Crippen LogP contribution < -0.4 is 16.6 Å². The second kappa shape index (κ2) is 5.59. The van der Waals surface area contributed by atoms with Gasteiger partial charge in [-0.05, 0) is 48.6 Å². The van der Waals surface area contributed by atoms with Gasteiger partial charge in [0.25, 0.3) is 0 Å². The van der Waals surface area contributed by atoms with Gasteiger partial charge in [-0.15, -0.1) is 11.3 Å². The van der Waals surface area contributed by atoms with E-state index in [2.05, 4.69) is 62.6 Å². The third-order valence-electron chi connectivity index (χ3n) is 3.15. The first-order valence-electron chi connectivity index (χ1n) is 6.34. The van der Waals surface area contributed by atoms with E-state index in [1.807, 2.05) is 11.4 Å². The number of halogens is 1. The largest absolute Gasteiger partial charge is 0.340 e. The summed E-state index contributed by atoms with van der Waals surface area (Å²) in [5, 5.41) is 6.33. The highest BCUT2D eigenvalue weighted by Crippen LogP contribution is 2.31. The van der Waals surface area contributed by atoms with Crippen LogP contribution in [0.5, 0.6) is 0 Å². The number of anilines is 3. The van der Waals surface area contributed by atoms with Crippen molar-refractivity contribution in [3.8, 4) is 0 Å². The number of aryl methyl sites for hydroxylation is 2. The fraction of sp³-hybridized carbons (Fsp3) is 0.143. The lowest BCUT2D eigenvalue weighted by molar-refractivity contribution is 1.16. The number of rotatable bonds is 3. The standard InChI is InChI=1S/C14H14BrN5S/c1-7-5-9(6-8(2)11(7)15)17-12-10-3-4-21-13(10)19-14(18-12)20-16/h3-6H,16H2,1-2H3,(H2,17,18,19,20). The third-order valence-corrected chi connectivity index (χ3v) is 5.21. The average molecular weight is 364 g/mol. The highest BCUT2D eigenvalue weighted by molar-refractivity contribution is 9.10. The first-order chi connectivity index (χ1) is 10.1.